The van der Waals surface area contributed by atoms with Crippen molar-refractivity contribution in [1.82, 2.24) is 4.90 Å². The van der Waals surface area contributed by atoms with Crippen molar-refractivity contribution in [2.45, 2.75) is 25.4 Å². The van der Waals surface area contributed by atoms with Gasteiger partial charge in [0.15, 0.2) is 11.5 Å². The molecule has 0 radical (unpaired) electrons. The number of ether oxygens (including phenoxy) is 2. The Morgan fingerprint density at radius 1 is 0.970 bits per heavy atom. The van der Waals surface area contributed by atoms with Crippen LogP contribution in [0.5, 0.6) is 17.2 Å². The number of hydrogen-bond acceptors (Lipinski definition) is 5. The van der Waals surface area contributed by atoms with Crippen LogP contribution >= 0.6 is 0 Å². The first kappa shape index (κ1) is 22.7. The van der Waals surface area contributed by atoms with Gasteiger partial charge in [-0.15, -0.1) is 0 Å². The number of methoxy groups -OCH3 is 2. The summed E-state index contributed by atoms with van der Waals surface area (Å²) in [7, 11) is 3.20. The number of anilines is 1. The molecule has 0 spiro atoms. The molecule has 0 unspecified atom stereocenters. The van der Waals surface area contributed by atoms with E-state index >= 15 is 0 Å². The van der Waals surface area contributed by atoms with Gasteiger partial charge in [-0.3, -0.25) is 9.69 Å². The Morgan fingerprint density at radius 3 is 2.30 bits per heavy atom. The summed E-state index contributed by atoms with van der Waals surface area (Å²) >= 11 is 0. The fraction of sp³-hybridized carbons (Fsp3) is 0.296. The fourth-order valence-corrected chi connectivity index (χ4v) is 4.37. The van der Waals surface area contributed by atoms with Crippen LogP contribution in [0.25, 0.3) is 0 Å². The third-order valence-corrected chi connectivity index (χ3v) is 6.16. The minimum absolute atomic E-state index is 0.0162. The lowest BCUT2D eigenvalue weighted by molar-refractivity contribution is 0.0958. The van der Waals surface area contributed by atoms with Crippen LogP contribution in [0, 0.1) is 0 Å². The van der Waals surface area contributed by atoms with Crippen LogP contribution in [-0.2, 0) is 6.54 Å². The Balaban J connectivity index is 1.49. The molecule has 1 saturated heterocycles. The summed E-state index contributed by atoms with van der Waals surface area (Å²) in [6.07, 6.45) is 1.75. The molecule has 3 aromatic carbocycles. The topological polar surface area (TPSA) is 62.2 Å². The monoisotopic (exact) mass is 446 g/mol. The van der Waals surface area contributed by atoms with Crippen molar-refractivity contribution in [2.75, 3.05) is 32.2 Å². The smallest absolute Gasteiger partial charge is 0.258 e. The van der Waals surface area contributed by atoms with Gasteiger partial charge in [0.25, 0.3) is 5.91 Å². The number of nitrogens with zero attached hydrogens (tertiary/aromatic N) is 2. The molecule has 33 heavy (non-hydrogen) atoms. The maximum atomic E-state index is 13.5. The second kappa shape index (κ2) is 10.4. The highest BCUT2D eigenvalue weighted by Crippen LogP contribution is 2.30. The van der Waals surface area contributed by atoms with Gasteiger partial charge in [-0.1, -0.05) is 24.3 Å². The first-order chi connectivity index (χ1) is 16.1. The van der Waals surface area contributed by atoms with Crippen LogP contribution in [0.2, 0.25) is 0 Å². The first-order valence-electron chi connectivity index (χ1n) is 11.2. The number of aromatic hydroxyl groups is 1. The van der Waals surface area contributed by atoms with E-state index in [1.165, 1.54) is 0 Å². The van der Waals surface area contributed by atoms with E-state index in [1.807, 2.05) is 71.6 Å². The van der Waals surface area contributed by atoms with E-state index in [0.717, 1.165) is 49.5 Å². The zero-order valence-electron chi connectivity index (χ0n) is 19.1. The Kier molecular flexibility index (Phi) is 7.15. The van der Waals surface area contributed by atoms with Gasteiger partial charge in [-0.2, -0.15) is 0 Å². The molecule has 0 saturated carbocycles. The highest BCUT2D eigenvalue weighted by molar-refractivity contribution is 6.06. The quantitative estimate of drug-likeness (QED) is 0.569. The van der Waals surface area contributed by atoms with Gasteiger partial charge in [-0.05, 0) is 66.9 Å². The number of piperidine rings is 1. The number of benzene rings is 3. The van der Waals surface area contributed by atoms with Crippen molar-refractivity contribution in [3.05, 3.63) is 83.9 Å². The summed E-state index contributed by atoms with van der Waals surface area (Å²) in [6, 6.07) is 22.7. The summed E-state index contributed by atoms with van der Waals surface area (Å²) in [6.45, 7) is 2.53. The molecule has 1 amide bonds. The summed E-state index contributed by atoms with van der Waals surface area (Å²) in [5.74, 6) is 1.42. The summed E-state index contributed by atoms with van der Waals surface area (Å²) in [5.41, 5.74) is 2.66. The van der Waals surface area contributed by atoms with E-state index in [1.54, 1.807) is 20.3 Å². The van der Waals surface area contributed by atoms with Gasteiger partial charge in [0.05, 0.1) is 14.2 Å². The summed E-state index contributed by atoms with van der Waals surface area (Å²) in [4.78, 5) is 17.8. The average molecular weight is 447 g/mol. The molecule has 0 bridgehead atoms. The van der Waals surface area contributed by atoms with Crippen molar-refractivity contribution in [3.8, 4) is 17.2 Å². The minimum Gasteiger partial charge on any atom is -0.504 e. The van der Waals surface area contributed by atoms with E-state index < -0.39 is 0 Å². The highest BCUT2D eigenvalue weighted by atomic mass is 16.5. The molecule has 1 N–H and O–H groups in total. The Morgan fingerprint density at radius 2 is 1.67 bits per heavy atom. The van der Waals surface area contributed by atoms with Crippen LogP contribution in [0.1, 0.15) is 28.8 Å². The third kappa shape index (κ3) is 5.29. The molecule has 6 heteroatoms. The molecule has 3 aromatic rings. The molecule has 1 fully saturated rings. The van der Waals surface area contributed by atoms with E-state index in [2.05, 4.69) is 4.90 Å². The summed E-state index contributed by atoms with van der Waals surface area (Å²) < 4.78 is 10.5. The van der Waals surface area contributed by atoms with Gasteiger partial charge >= 0.3 is 0 Å². The van der Waals surface area contributed by atoms with Gasteiger partial charge in [0.2, 0.25) is 0 Å². The molecule has 6 nitrogen and oxygen atoms in total. The SMILES string of the molecule is COc1ccc(N(C(=O)c2ccccc2)C2CCN(Cc3ccc(O)c(OC)c3)CC2)cc1. The van der Waals surface area contributed by atoms with E-state index in [9.17, 15) is 9.90 Å². The number of hydrogen-bond donors (Lipinski definition) is 1. The highest BCUT2D eigenvalue weighted by Gasteiger charge is 2.30. The lowest BCUT2D eigenvalue weighted by Crippen LogP contribution is -2.47. The molecular weight excluding hydrogens is 416 g/mol. The minimum atomic E-state index is 0.0162. The maximum Gasteiger partial charge on any atom is 0.258 e. The molecule has 0 aliphatic carbocycles. The average Bonchev–Trinajstić information content (AvgIpc) is 2.87. The van der Waals surface area contributed by atoms with Gasteiger partial charge in [0, 0.05) is 36.9 Å². The van der Waals surface area contributed by atoms with Crippen molar-refractivity contribution in [1.29, 1.82) is 0 Å². The molecule has 1 aliphatic heterocycles. The van der Waals surface area contributed by atoms with Crippen LogP contribution in [0.4, 0.5) is 5.69 Å². The largest absolute Gasteiger partial charge is 0.504 e. The maximum absolute atomic E-state index is 13.5. The van der Waals surface area contributed by atoms with Crippen LogP contribution in [0.15, 0.2) is 72.8 Å². The van der Waals surface area contributed by atoms with E-state index in [4.69, 9.17) is 9.47 Å². The number of likely N-dealkylation sites (tertiary alicyclic amines) is 1. The van der Waals surface area contributed by atoms with Crippen molar-refractivity contribution >= 4 is 11.6 Å². The molecule has 0 atom stereocenters. The fourth-order valence-electron chi connectivity index (χ4n) is 4.37. The molecule has 172 valence electrons. The van der Waals surface area contributed by atoms with Crippen LogP contribution < -0.4 is 14.4 Å². The molecular formula is C27H30N2O4. The number of rotatable bonds is 7. The van der Waals surface area contributed by atoms with Crippen molar-refractivity contribution in [3.63, 3.8) is 0 Å². The molecule has 1 aliphatic rings. The Bertz CT molecular complexity index is 1060. The molecule has 4 rings (SSSR count). The lowest BCUT2D eigenvalue weighted by atomic mass is 10.00. The van der Waals surface area contributed by atoms with Gasteiger partial charge in [-0.25, -0.2) is 0 Å². The predicted molar refractivity (Wildman–Crippen MR) is 129 cm³/mol. The first-order valence-corrected chi connectivity index (χ1v) is 11.2. The number of carbonyl (C=O) groups is 1. The predicted octanol–water partition coefficient (Wildman–Crippen LogP) is 4.72. The third-order valence-electron chi connectivity index (χ3n) is 6.16. The van der Waals surface area contributed by atoms with Crippen molar-refractivity contribution < 1.29 is 19.4 Å². The number of amides is 1. The van der Waals surface area contributed by atoms with Crippen molar-refractivity contribution in [2.24, 2.45) is 0 Å². The van der Waals surface area contributed by atoms with E-state index in [-0.39, 0.29) is 17.7 Å². The van der Waals surface area contributed by atoms with Crippen LogP contribution in [-0.4, -0.2) is 49.3 Å². The van der Waals surface area contributed by atoms with Gasteiger partial charge in [0.1, 0.15) is 5.75 Å². The Hall–Kier alpha value is -3.51. The lowest BCUT2D eigenvalue weighted by Gasteiger charge is -2.38. The Labute approximate surface area is 195 Å². The summed E-state index contributed by atoms with van der Waals surface area (Å²) in [5, 5.41) is 9.84. The zero-order chi connectivity index (χ0) is 23.2. The number of phenols is 1. The number of phenolic OH excluding ortho intramolecular Hbond substituents is 1. The molecule has 0 aromatic heterocycles. The van der Waals surface area contributed by atoms with Crippen LogP contribution in [0.3, 0.4) is 0 Å². The normalized spacial score (nSPS) is 14.6. The number of carbonyl (C=O) groups excluding carboxylic acids is 1. The molecule has 1 heterocycles. The van der Waals surface area contributed by atoms with Gasteiger partial charge < -0.3 is 19.5 Å². The zero-order valence-corrected chi connectivity index (χ0v) is 19.1. The second-order valence-electron chi connectivity index (χ2n) is 8.25. The van der Waals surface area contributed by atoms with E-state index in [0.29, 0.717) is 11.3 Å². The standard InChI is InChI=1S/C27H30N2O4/c1-32-24-11-9-22(10-12-24)29(27(31)21-6-4-3-5-7-21)23-14-16-28(17-15-23)19-20-8-13-25(30)26(18-20)33-2/h3-13,18,23,30H,14-17,19H2,1-2H3. The second-order valence-corrected chi connectivity index (χ2v) is 8.25.